The van der Waals surface area contributed by atoms with Gasteiger partial charge in [0, 0.05) is 45.3 Å². The summed E-state index contributed by atoms with van der Waals surface area (Å²) in [6, 6.07) is 8.93. The van der Waals surface area contributed by atoms with E-state index in [1.54, 1.807) is 0 Å². The molecule has 6 nitrogen and oxygen atoms in total. The highest BCUT2D eigenvalue weighted by atomic mass is 16.3. The fourth-order valence-electron chi connectivity index (χ4n) is 4.91. The van der Waals surface area contributed by atoms with Gasteiger partial charge in [0.1, 0.15) is 0 Å². The fraction of sp³-hybridized carbons (Fsp3) is 0.682. The number of piperidine rings is 1. The van der Waals surface area contributed by atoms with Crippen molar-refractivity contribution in [2.75, 3.05) is 39.3 Å². The Labute approximate surface area is 168 Å². The van der Waals surface area contributed by atoms with Crippen molar-refractivity contribution in [3.05, 3.63) is 35.4 Å². The smallest absolute Gasteiger partial charge is 0.317 e. The number of likely N-dealkylation sites (tertiary alicyclic amines) is 3. The van der Waals surface area contributed by atoms with Crippen molar-refractivity contribution < 1.29 is 9.90 Å². The molecule has 3 fully saturated rings. The third kappa shape index (κ3) is 4.85. The van der Waals surface area contributed by atoms with Crippen molar-refractivity contribution >= 4 is 6.03 Å². The van der Waals surface area contributed by atoms with Crippen LogP contribution in [0.1, 0.15) is 43.2 Å². The Bertz CT molecular complexity index is 662. The molecule has 0 saturated carbocycles. The van der Waals surface area contributed by atoms with Crippen LogP contribution in [0.4, 0.5) is 4.79 Å². The standard InChI is InChI=1S/C22H34N4O2/c27-21-9-13-24(17-21)15-19-7-2-1-6-18(19)14-23-22(28)26-12-5-8-20(16-26)25-10-3-4-11-25/h1-2,6-7,20-21,27H,3-5,8-17H2,(H,23,28). The van der Waals surface area contributed by atoms with Gasteiger partial charge >= 0.3 is 6.03 Å². The SMILES string of the molecule is O=C(NCc1ccccc1CN1CCC(O)C1)N1CCCC(N2CCCC2)C1. The molecule has 1 aromatic carbocycles. The second-order valence-electron chi connectivity index (χ2n) is 8.59. The van der Waals surface area contributed by atoms with Crippen molar-refractivity contribution in [2.45, 2.75) is 57.3 Å². The van der Waals surface area contributed by atoms with Gasteiger partial charge in [-0.05, 0) is 56.3 Å². The van der Waals surface area contributed by atoms with E-state index >= 15 is 0 Å². The van der Waals surface area contributed by atoms with E-state index < -0.39 is 0 Å². The van der Waals surface area contributed by atoms with Gasteiger partial charge in [0.2, 0.25) is 0 Å². The number of rotatable bonds is 5. The lowest BCUT2D eigenvalue weighted by Crippen LogP contribution is -2.51. The predicted molar refractivity (Wildman–Crippen MR) is 110 cm³/mol. The summed E-state index contributed by atoms with van der Waals surface area (Å²) >= 11 is 0. The highest BCUT2D eigenvalue weighted by molar-refractivity contribution is 5.74. The van der Waals surface area contributed by atoms with Crippen LogP contribution < -0.4 is 5.32 Å². The third-order valence-electron chi connectivity index (χ3n) is 6.53. The Kier molecular flexibility index (Phi) is 6.50. The molecule has 28 heavy (non-hydrogen) atoms. The maximum absolute atomic E-state index is 12.8. The molecule has 3 aliphatic rings. The Morgan fingerprint density at radius 2 is 1.79 bits per heavy atom. The van der Waals surface area contributed by atoms with Crippen molar-refractivity contribution in [3.63, 3.8) is 0 Å². The molecule has 1 aromatic rings. The number of aliphatic hydroxyl groups is 1. The second kappa shape index (κ2) is 9.25. The monoisotopic (exact) mass is 386 g/mol. The molecule has 0 aliphatic carbocycles. The average molecular weight is 387 g/mol. The van der Waals surface area contributed by atoms with Crippen LogP contribution in [0.3, 0.4) is 0 Å². The predicted octanol–water partition coefficient (Wildman–Crippen LogP) is 2.02. The largest absolute Gasteiger partial charge is 0.392 e. The van der Waals surface area contributed by atoms with Crippen LogP contribution in [-0.4, -0.2) is 77.3 Å². The number of aliphatic hydroxyl groups excluding tert-OH is 1. The normalized spacial score (nSPS) is 26.7. The molecule has 2 unspecified atom stereocenters. The number of carbonyl (C=O) groups is 1. The van der Waals surface area contributed by atoms with Crippen molar-refractivity contribution in [1.82, 2.24) is 20.0 Å². The van der Waals surface area contributed by atoms with Crippen molar-refractivity contribution in [3.8, 4) is 0 Å². The molecule has 2 N–H and O–H groups in total. The number of hydrogen-bond donors (Lipinski definition) is 2. The van der Waals surface area contributed by atoms with E-state index in [9.17, 15) is 9.90 Å². The molecular weight excluding hydrogens is 352 g/mol. The van der Waals surface area contributed by atoms with E-state index in [0.29, 0.717) is 12.6 Å². The van der Waals surface area contributed by atoms with Gasteiger partial charge in [-0.3, -0.25) is 9.80 Å². The molecule has 3 heterocycles. The molecule has 154 valence electrons. The summed E-state index contributed by atoms with van der Waals surface area (Å²) in [6.45, 7) is 7.19. The van der Waals surface area contributed by atoms with Gasteiger partial charge in [0.05, 0.1) is 6.10 Å². The number of urea groups is 1. The van der Waals surface area contributed by atoms with E-state index in [2.05, 4.69) is 33.3 Å². The first-order valence-corrected chi connectivity index (χ1v) is 10.9. The minimum absolute atomic E-state index is 0.0651. The number of nitrogens with zero attached hydrogens (tertiary/aromatic N) is 3. The van der Waals surface area contributed by atoms with Gasteiger partial charge in [-0.15, -0.1) is 0 Å². The maximum atomic E-state index is 12.8. The molecule has 0 radical (unpaired) electrons. The average Bonchev–Trinajstić information content (AvgIpc) is 3.39. The van der Waals surface area contributed by atoms with E-state index in [1.165, 1.54) is 43.5 Å². The molecule has 4 rings (SSSR count). The molecule has 3 saturated heterocycles. The number of amides is 2. The van der Waals surface area contributed by atoms with Crippen LogP contribution in [-0.2, 0) is 13.1 Å². The van der Waals surface area contributed by atoms with Crippen LogP contribution in [0.25, 0.3) is 0 Å². The van der Waals surface area contributed by atoms with Crippen LogP contribution in [0.5, 0.6) is 0 Å². The van der Waals surface area contributed by atoms with Gasteiger partial charge in [-0.2, -0.15) is 0 Å². The lowest BCUT2D eigenvalue weighted by Gasteiger charge is -2.37. The fourth-order valence-corrected chi connectivity index (χ4v) is 4.91. The quantitative estimate of drug-likeness (QED) is 0.813. The molecule has 0 spiro atoms. The number of benzene rings is 1. The zero-order chi connectivity index (χ0) is 19.3. The minimum atomic E-state index is -0.200. The van der Waals surface area contributed by atoms with E-state index in [-0.39, 0.29) is 12.1 Å². The summed E-state index contributed by atoms with van der Waals surface area (Å²) in [5.41, 5.74) is 2.41. The lowest BCUT2D eigenvalue weighted by molar-refractivity contribution is 0.125. The zero-order valence-corrected chi connectivity index (χ0v) is 16.9. The molecule has 0 bridgehead atoms. The Morgan fingerprint density at radius 3 is 2.54 bits per heavy atom. The molecule has 2 amide bonds. The van der Waals surface area contributed by atoms with Crippen LogP contribution in [0.15, 0.2) is 24.3 Å². The van der Waals surface area contributed by atoms with Crippen LogP contribution in [0, 0.1) is 0 Å². The number of β-amino-alcohol motifs (C(OH)–C–C–N with tert-alkyl or cyclic N) is 1. The van der Waals surface area contributed by atoms with E-state index in [4.69, 9.17) is 0 Å². The first-order chi connectivity index (χ1) is 13.7. The Hall–Kier alpha value is -1.63. The maximum Gasteiger partial charge on any atom is 0.317 e. The third-order valence-corrected chi connectivity index (χ3v) is 6.53. The van der Waals surface area contributed by atoms with Gasteiger partial charge in [0.15, 0.2) is 0 Å². The molecule has 0 aromatic heterocycles. The second-order valence-corrected chi connectivity index (χ2v) is 8.59. The van der Waals surface area contributed by atoms with Gasteiger partial charge in [0.25, 0.3) is 0 Å². The highest BCUT2D eigenvalue weighted by Gasteiger charge is 2.29. The van der Waals surface area contributed by atoms with Crippen LogP contribution in [0.2, 0.25) is 0 Å². The number of hydrogen-bond acceptors (Lipinski definition) is 4. The summed E-state index contributed by atoms with van der Waals surface area (Å²) in [5, 5.41) is 12.9. The van der Waals surface area contributed by atoms with Gasteiger partial charge in [-0.1, -0.05) is 24.3 Å². The summed E-state index contributed by atoms with van der Waals surface area (Å²) in [4.78, 5) is 19.6. The summed E-state index contributed by atoms with van der Waals surface area (Å²) in [6.07, 6.45) is 5.57. The van der Waals surface area contributed by atoms with Gasteiger partial charge in [-0.25, -0.2) is 4.79 Å². The van der Waals surface area contributed by atoms with Crippen molar-refractivity contribution in [1.29, 1.82) is 0 Å². The Morgan fingerprint density at radius 1 is 1.00 bits per heavy atom. The number of carbonyl (C=O) groups excluding carboxylic acids is 1. The summed E-state index contributed by atoms with van der Waals surface area (Å²) in [5.74, 6) is 0. The first kappa shape index (κ1) is 19.7. The van der Waals surface area contributed by atoms with E-state index in [0.717, 1.165) is 45.6 Å². The first-order valence-electron chi connectivity index (χ1n) is 10.9. The Balaban J connectivity index is 1.30. The molecular formula is C22H34N4O2. The topological polar surface area (TPSA) is 59.1 Å². The van der Waals surface area contributed by atoms with E-state index in [1.807, 2.05) is 11.0 Å². The zero-order valence-electron chi connectivity index (χ0n) is 16.9. The minimum Gasteiger partial charge on any atom is -0.392 e. The van der Waals surface area contributed by atoms with Crippen LogP contribution >= 0.6 is 0 Å². The number of nitrogens with one attached hydrogen (secondary N) is 1. The molecule has 2 atom stereocenters. The summed E-state index contributed by atoms with van der Waals surface area (Å²) < 4.78 is 0. The van der Waals surface area contributed by atoms with Crippen molar-refractivity contribution in [2.24, 2.45) is 0 Å². The highest BCUT2D eigenvalue weighted by Crippen LogP contribution is 2.21. The molecule has 6 heteroatoms. The van der Waals surface area contributed by atoms with Gasteiger partial charge < -0.3 is 15.3 Å². The summed E-state index contributed by atoms with van der Waals surface area (Å²) in [7, 11) is 0. The lowest BCUT2D eigenvalue weighted by atomic mass is 10.0. The molecule has 3 aliphatic heterocycles.